The molecular formula is C20H26BrF2N3O3S2. The fourth-order valence-electron chi connectivity index (χ4n) is 3.02. The molecule has 1 aromatic carbocycles. The number of fused-ring (bicyclic) bond motifs is 1. The van der Waals surface area contributed by atoms with Crippen molar-refractivity contribution >= 4 is 57.7 Å². The van der Waals surface area contributed by atoms with Crippen molar-refractivity contribution in [2.75, 3.05) is 14.1 Å². The first-order chi connectivity index (χ1) is 14.4. The summed E-state index contributed by atoms with van der Waals surface area (Å²) in [6, 6.07) is 4.24. The SMILES string of the molecule is CC1C2SC(N(SF)C(=O)OC(C)(C)C)=NC(c3cc(Br)ccc3F)C12.CN(C)C=O. The lowest BCUT2D eigenvalue weighted by atomic mass is 10.0. The number of carbonyl (C=O) groups excluding carboxylic acids is 2. The molecule has 2 amide bonds. The number of ether oxygens (including phenoxy) is 1. The maximum absolute atomic E-state index is 14.4. The third-order valence-electron chi connectivity index (χ3n) is 4.51. The van der Waals surface area contributed by atoms with Gasteiger partial charge in [0.15, 0.2) is 17.5 Å². The molecule has 0 radical (unpaired) electrons. The first-order valence-corrected chi connectivity index (χ1v) is 11.9. The van der Waals surface area contributed by atoms with Crippen LogP contribution in [0.15, 0.2) is 27.7 Å². The number of hydrogen-bond acceptors (Lipinski definition) is 6. The summed E-state index contributed by atoms with van der Waals surface area (Å²) in [5, 5.41) is 0.379. The van der Waals surface area contributed by atoms with Crippen LogP contribution in [-0.4, -0.2) is 51.8 Å². The summed E-state index contributed by atoms with van der Waals surface area (Å²) < 4.78 is 34.7. The highest BCUT2D eigenvalue weighted by Gasteiger charge is 2.57. The molecule has 4 atom stereocenters. The zero-order valence-corrected chi connectivity index (χ0v) is 21.4. The summed E-state index contributed by atoms with van der Waals surface area (Å²) in [4.78, 5) is 27.7. The molecular weight excluding hydrogens is 512 g/mol. The van der Waals surface area contributed by atoms with Crippen LogP contribution in [0.2, 0.25) is 0 Å². The van der Waals surface area contributed by atoms with E-state index in [-0.39, 0.29) is 34.5 Å². The summed E-state index contributed by atoms with van der Waals surface area (Å²) in [7, 11) is 3.38. The first-order valence-electron chi connectivity index (χ1n) is 9.52. The zero-order valence-electron chi connectivity index (χ0n) is 18.1. The Bertz CT molecular complexity index is 851. The number of thioether (sulfide) groups is 1. The van der Waals surface area contributed by atoms with Crippen molar-refractivity contribution in [3.05, 3.63) is 34.1 Å². The van der Waals surface area contributed by atoms with E-state index in [9.17, 15) is 17.9 Å². The van der Waals surface area contributed by atoms with Crippen LogP contribution in [0.3, 0.4) is 0 Å². The summed E-state index contributed by atoms with van der Waals surface area (Å²) >= 11 is 4.46. The second-order valence-corrected chi connectivity index (χ2v) is 11.0. The van der Waals surface area contributed by atoms with Gasteiger partial charge < -0.3 is 9.64 Å². The molecule has 1 aliphatic heterocycles. The van der Waals surface area contributed by atoms with Crippen LogP contribution >= 0.6 is 40.0 Å². The van der Waals surface area contributed by atoms with E-state index in [1.54, 1.807) is 47.0 Å². The predicted molar refractivity (Wildman–Crippen MR) is 125 cm³/mol. The molecule has 1 aromatic rings. The van der Waals surface area contributed by atoms with Gasteiger partial charge in [0, 0.05) is 35.3 Å². The van der Waals surface area contributed by atoms with Crippen LogP contribution in [0.4, 0.5) is 13.1 Å². The second kappa shape index (κ2) is 10.5. The number of rotatable bonds is 3. The van der Waals surface area contributed by atoms with Crippen LogP contribution in [0, 0.1) is 17.7 Å². The molecule has 1 fully saturated rings. The molecule has 11 heteroatoms. The van der Waals surface area contributed by atoms with Gasteiger partial charge in [0.1, 0.15) is 11.4 Å². The van der Waals surface area contributed by atoms with Crippen LogP contribution in [0.5, 0.6) is 0 Å². The molecule has 0 N–H and O–H groups in total. The Morgan fingerprint density at radius 2 is 1.97 bits per heavy atom. The van der Waals surface area contributed by atoms with E-state index in [4.69, 9.17) is 4.74 Å². The predicted octanol–water partition coefficient (Wildman–Crippen LogP) is 5.84. The molecule has 4 unspecified atom stereocenters. The zero-order chi connectivity index (χ0) is 23.5. The number of hydrogen-bond donors (Lipinski definition) is 0. The van der Waals surface area contributed by atoms with Crippen molar-refractivity contribution < 1.29 is 22.6 Å². The Morgan fingerprint density at radius 1 is 1.35 bits per heavy atom. The number of carbonyl (C=O) groups is 2. The highest BCUT2D eigenvalue weighted by Crippen LogP contribution is 2.60. The molecule has 0 bridgehead atoms. The van der Waals surface area contributed by atoms with Crippen molar-refractivity contribution in [3.63, 3.8) is 0 Å². The smallest absolute Gasteiger partial charge is 0.428 e. The van der Waals surface area contributed by atoms with Gasteiger partial charge in [-0.2, -0.15) is 4.31 Å². The van der Waals surface area contributed by atoms with Gasteiger partial charge in [-0.1, -0.05) is 34.6 Å². The van der Waals surface area contributed by atoms with E-state index >= 15 is 0 Å². The largest absolute Gasteiger partial charge is 0.443 e. The van der Waals surface area contributed by atoms with Crippen LogP contribution < -0.4 is 0 Å². The average Bonchev–Trinajstić information content (AvgIpc) is 3.32. The number of benzene rings is 1. The lowest BCUT2D eigenvalue weighted by Gasteiger charge is -2.27. The van der Waals surface area contributed by atoms with E-state index in [1.165, 1.54) is 22.7 Å². The molecule has 0 aromatic heterocycles. The molecule has 0 saturated heterocycles. The van der Waals surface area contributed by atoms with Gasteiger partial charge in [0.05, 0.1) is 6.04 Å². The maximum Gasteiger partial charge on any atom is 0.428 e. The summed E-state index contributed by atoms with van der Waals surface area (Å²) in [5.74, 6) is 0.107. The Hall–Kier alpha value is -1.33. The molecule has 1 aliphatic carbocycles. The lowest BCUT2D eigenvalue weighted by molar-refractivity contribution is -0.115. The topological polar surface area (TPSA) is 62.2 Å². The molecule has 1 heterocycles. The van der Waals surface area contributed by atoms with Gasteiger partial charge >= 0.3 is 6.09 Å². The Morgan fingerprint density at radius 3 is 2.48 bits per heavy atom. The maximum atomic E-state index is 14.4. The van der Waals surface area contributed by atoms with Crippen LogP contribution in [0.1, 0.15) is 39.3 Å². The molecule has 6 nitrogen and oxygen atoms in total. The van der Waals surface area contributed by atoms with Gasteiger partial charge in [0.25, 0.3) is 0 Å². The summed E-state index contributed by atoms with van der Waals surface area (Å²) in [5.41, 5.74) is -0.305. The van der Waals surface area contributed by atoms with E-state index in [1.807, 2.05) is 0 Å². The highest BCUT2D eigenvalue weighted by atomic mass is 79.9. The van der Waals surface area contributed by atoms with Gasteiger partial charge in [-0.25, -0.2) is 9.18 Å². The third-order valence-corrected chi connectivity index (χ3v) is 7.09. The van der Waals surface area contributed by atoms with Gasteiger partial charge in [-0.3, -0.25) is 9.79 Å². The molecule has 1 saturated carbocycles. The van der Waals surface area contributed by atoms with Gasteiger partial charge in [-0.15, -0.1) is 3.89 Å². The Kier molecular flexibility index (Phi) is 8.80. The van der Waals surface area contributed by atoms with Crippen molar-refractivity contribution in [3.8, 4) is 0 Å². The Balaban J connectivity index is 0.000000614. The fourth-order valence-corrected chi connectivity index (χ4v) is 5.26. The van der Waals surface area contributed by atoms with E-state index < -0.39 is 17.7 Å². The summed E-state index contributed by atoms with van der Waals surface area (Å²) in [6.07, 6.45) is -0.0727. The number of aliphatic imine (C=N–C) groups is 1. The number of amides is 2. The minimum Gasteiger partial charge on any atom is -0.443 e. The summed E-state index contributed by atoms with van der Waals surface area (Å²) in [6.45, 7) is 7.19. The standard InChI is InChI=1S/C17H19BrF2N2O2S2.C3H7NO/c1-8-12-13(10-7-9(18)5-6-11(10)19)21-15(25-14(8)12)22(26-20)16(23)24-17(2,3)4;1-4(2)3-5/h5-8,12-14H,1-4H3;3H,1-2H3. The van der Waals surface area contributed by atoms with Gasteiger partial charge in [-0.05, 0) is 44.9 Å². The molecule has 2 aliphatic rings. The quantitative estimate of drug-likeness (QED) is 0.358. The Labute approximate surface area is 198 Å². The minimum atomic E-state index is -0.823. The number of halogens is 3. The van der Waals surface area contributed by atoms with Crippen molar-refractivity contribution in [2.45, 2.75) is 44.6 Å². The van der Waals surface area contributed by atoms with Crippen LogP contribution in [0.25, 0.3) is 0 Å². The highest BCUT2D eigenvalue weighted by molar-refractivity contribution is 9.10. The van der Waals surface area contributed by atoms with E-state index in [2.05, 4.69) is 27.8 Å². The fraction of sp³-hybridized carbons (Fsp3) is 0.550. The monoisotopic (exact) mass is 537 g/mol. The molecule has 3 rings (SSSR count). The van der Waals surface area contributed by atoms with Crippen molar-refractivity contribution in [1.29, 1.82) is 0 Å². The van der Waals surface area contributed by atoms with Gasteiger partial charge in [0.2, 0.25) is 6.41 Å². The van der Waals surface area contributed by atoms with Crippen LogP contribution in [-0.2, 0) is 9.53 Å². The molecule has 172 valence electrons. The number of amidine groups is 1. The van der Waals surface area contributed by atoms with E-state index in [0.717, 1.165) is 15.2 Å². The third kappa shape index (κ3) is 6.82. The first kappa shape index (κ1) is 25.9. The minimum absolute atomic E-state index is 0.164. The normalized spacial score (nSPS) is 24.1. The van der Waals surface area contributed by atoms with Crippen molar-refractivity contribution in [1.82, 2.24) is 9.21 Å². The van der Waals surface area contributed by atoms with Crippen molar-refractivity contribution in [2.24, 2.45) is 16.8 Å². The lowest BCUT2D eigenvalue weighted by Crippen LogP contribution is -2.36. The van der Waals surface area contributed by atoms with E-state index in [0.29, 0.717) is 11.5 Å². The molecule has 31 heavy (non-hydrogen) atoms. The molecule has 0 spiro atoms. The number of nitrogens with zero attached hydrogens (tertiary/aromatic N) is 3. The average molecular weight is 538 g/mol. The second-order valence-electron chi connectivity index (χ2n) is 8.45.